The average molecular weight is 724 g/mol. The molecule has 1 unspecified atom stereocenters. The molecule has 1 aliphatic heterocycles. The van der Waals surface area contributed by atoms with Crippen LogP contribution in [0.2, 0.25) is 10.0 Å². The number of carboxylic acids is 1. The maximum absolute atomic E-state index is 12.9. The van der Waals surface area contributed by atoms with Crippen LogP contribution in [0, 0.1) is 0 Å². The molecule has 0 radical (unpaired) electrons. The lowest BCUT2D eigenvalue weighted by Crippen LogP contribution is -2.58. The number of hydrogen-bond acceptors (Lipinski definition) is 9. The summed E-state index contributed by atoms with van der Waals surface area (Å²) in [5.41, 5.74) is 1.85. The van der Waals surface area contributed by atoms with Crippen LogP contribution in [0.4, 0.5) is 10.5 Å². The van der Waals surface area contributed by atoms with Crippen molar-refractivity contribution in [2.45, 2.75) is 39.0 Å². The van der Waals surface area contributed by atoms with Crippen LogP contribution in [0.5, 0.6) is 5.88 Å². The van der Waals surface area contributed by atoms with Crippen LogP contribution >= 0.6 is 23.2 Å². The minimum absolute atomic E-state index is 0.0859. The molecule has 2 amide bonds. The van der Waals surface area contributed by atoms with E-state index in [4.69, 9.17) is 37.7 Å². The first-order chi connectivity index (χ1) is 23.7. The lowest BCUT2D eigenvalue weighted by Gasteiger charge is -2.39. The van der Waals surface area contributed by atoms with Crippen LogP contribution in [0.25, 0.3) is 22.4 Å². The first-order valence-corrected chi connectivity index (χ1v) is 16.3. The number of aryl methyl sites for hydroxylation is 1. The van der Waals surface area contributed by atoms with Gasteiger partial charge in [0.2, 0.25) is 5.88 Å². The van der Waals surface area contributed by atoms with Crippen LogP contribution in [0.1, 0.15) is 36.7 Å². The van der Waals surface area contributed by atoms with E-state index in [9.17, 15) is 24.3 Å². The van der Waals surface area contributed by atoms with Gasteiger partial charge in [0.25, 0.3) is 11.5 Å². The number of nitrogens with zero attached hydrogens (tertiary/aromatic N) is 5. The second kappa shape index (κ2) is 14.9. The standard InChI is InChI=1S/C35H36Cl2N6O7/c1-35(2,3)50-34(48)43-17-16-42(19-27(43)33(46)47)18-20-12-13-25(40-31(20)49-5)23-10-6-8-21(28(23)36)22-9-7-11-26(29(22)37)39-30(44)24-14-15-38-41(4)32(24)45/h6-15,27H,16-19H2,1-5H3,(H,39,44)(H,46,47). The predicted octanol–water partition coefficient (Wildman–Crippen LogP) is 5.58. The van der Waals surface area contributed by atoms with Crippen molar-refractivity contribution in [1.29, 1.82) is 0 Å². The van der Waals surface area contributed by atoms with Gasteiger partial charge in [-0.2, -0.15) is 5.10 Å². The molecule has 13 nitrogen and oxygen atoms in total. The number of methoxy groups -OCH3 is 1. The number of hydrogen-bond donors (Lipinski definition) is 2. The second-order valence-electron chi connectivity index (χ2n) is 12.6. The summed E-state index contributed by atoms with van der Waals surface area (Å²) in [6.07, 6.45) is 0.695. The summed E-state index contributed by atoms with van der Waals surface area (Å²) in [6.45, 7) is 6.21. The molecular weight excluding hydrogens is 687 g/mol. The molecule has 0 spiro atoms. The number of aliphatic carboxylic acids is 1. The topological polar surface area (TPSA) is 156 Å². The summed E-state index contributed by atoms with van der Waals surface area (Å²) in [7, 11) is 2.95. The molecule has 50 heavy (non-hydrogen) atoms. The van der Waals surface area contributed by atoms with E-state index in [0.29, 0.717) is 51.9 Å². The van der Waals surface area contributed by atoms with Crippen LogP contribution in [0.15, 0.2) is 65.6 Å². The number of nitrogens with one attached hydrogen (secondary N) is 1. The van der Waals surface area contributed by atoms with E-state index in [1.165, 1.54) is 31.3 Å². The van der Waals surface area contributed by atoms with Gasteiger partial charge in [0.15, 0.2) is 0 Å². The number of piperazine rings is 1. The summed E-state index contributed by atoms with van der Waals surface area (Å²) in [4.78, 5) is 58.1. The molecule has 2 N–H and O–H groups in total. The third-order valence-corrected chi connectivity index (χ3v) is 8.78. The molecule has 1 aliphatic rings. The van der Waals surface area contributed by atoms with E-state index in [0.717, 1.165) is 4.68 Å². The summed E-state index contributed by atoms with van der Waals surface area (Å²) in [6, 6.07) is 14.4. The quantitative estimate of drug-likeness (QED) is 0.235. The Morgan fingerprint density at radius 3 is 2.34 bits per heavy atom. The van der Waals surface area contributed by atoms with E-state index >= 15 is 0 Å². The molecule has 262 valence electrons. The zero-order chi connectivity index (χ0) is 36.3. The lowest BCUT2D eigenvalue weighted by atomic mass is 10.00. The number of rotatable bonds is 8. The van der Waals surface area contributed by atoms with Crippen molar-refractivity contribution >= 4 is 46.9 Å². The van der Waals surface area contributed by atoms with Gasteiger partial charge in [-0.3, -0.25) is 19.4 Å². The van der Waals surface area contributed by atoms with Gasteiger partial charge in [-0.1, -0.05) is 59.6 Å². The Morgan fingerprint density at radius 2 is 1.66 bits per heavy atom. The minimum atomic E-state index is -1.12. The molecule has 0 saturated carbocycles. The Morgan fingerprint density at radius 1 is 0.980 bits per heavy atom. The highest BCUT2D eigenvalue weighted by molar-refractivity contribution is 6.39. The first kappa shape index (κ1) is 36.3. The molecule has 0 bridgehead atoms. The van der Waals surface area contributed by atoms with Crippen LogP contribution in [0.3, 0.4) is 0 Å². The number of halogens is 2. The Kier molecular flexibility index (Phi) is 10.8. The largest absolute Gasteiger partial charge is 0.481 e. The Bertz CT molecular complexity index is 2010. The normalized spacial score (nSPS) is 15.0. The molecule has 4 aromatic rings. The van der Waals surface area contributed by atoms with E-state index < -0.39 is 35.2 Å². The Labute approximate surface area is 298 Å². The van der Waals surface area contributed by atoms with Gasteiger partial charge in [0.05, 0.1) is 28.5 Å². The molecule has 3 heterocycles. The van der Waals surface area contributed by atoms with Gasteiger partial charge in [0.1, 0.15) is 17.2 Å². The van der Waals surface area contributed by atoms with Crippen molar-refractivity contribution in [2.24, 2.45) is 7.05 Å². The van der Waals surface area contributed by atoms with Gasteiger partial charge >= 0.3 is 12.1 Å². The van der Waals surface area contributed by atoms with Crippen molar-refractivity contribution in [3.63, 3.8) is 0 Å². The number of benzene rings is 2. The fraction of sp³-hybridized carbons (Fsp3) is 0.314. The molecular formula is C35H36Cl2N6O7. The molecule has 1 saturated heterocycles. The zero-order valence-corrected chi connectivity index (χ0v) is 29.6. The van der Waals surface area contributed by atoms with Gasteiger partial charge in [-0.05, 0) is 39.0 Å². The monoisotopic (exact) mass is 722 g/mol. The minimum Gasteiger partial charge on any atom is -0.481 e. The predicted molar refractivity (Wildman–Crippen MR) is 189 cm³/mol. The molecule has 15 heteroatoms. The van der Waals surface area contributed by atoms with Crippen LogP contribution in [-0.2, 0) is 23.1 Å². The summed E-state index contributed by atoms with van der Waals surface area (Å²) < 4.78 is 12.1. The van der Waals surface area contributed by atoms with E-state index in [1.807, 2.05) is 11.0 Å². The van der Waals surface area contributed by atoms with E-state index in [-0.39, 0.29) is 29.4 Å². The fourth-order valence-electron chi connectivity index (χ4n) is 5.53. The number of carbonyl (C=O) groups excluding carboxylic acids is 2. The Balaban J connectivity index is 1.37. The maximum Gasteiger partial charge on any atom is 0.411 e. The van der Waals surface area contributed by atoms with Gasteiger partial charge in [-0.15, -0.1) is 0 Å². The molecule has 1 atom stereocenters. The number of amides is 2. The van der Waals surface area contributed by atoms with E-state index in [1.54, 1.807) is 63.2 Å². The second-order valence-corrected chi connectivity index (χ2v) is 13.3. The maximum atomic E-state index is 12.9. The van der Waals surface area contributed by atoms with Crippen LogP contribution < -0.4 is 15.6 Å². The van der Waals surface area contributed by atoms with Gasteiger partial charge < -0.3 is 19.9 Å². The molecule has 1 fully saturated rings. The summed E-state index contributed by atoms with van der Waals surface area (Å²) in [5, 5.41) is 17.0. The number of carboxylic acid groups (broad SMARTS) is 1. The zero-order valence-electron chi connectivity index (χ0n) is 28.1. The summed E-state index contributed by atoms with van der Waals surface area (Å²) >= 11 is 13.8. The van der Waals surface area contributed by atoms with Crippen molar-refractivity contribution in [1.82, 2.24) is 24.6 Å². The molecule has 0 aliphatic carbocycles. The van der Waals surface area contributed by atoms with Crippen molar-refractivity contribution < 1.29 is 29.0 Å². The number of anilines is 1. The highest BCUT2D eigenvalue weighted by atomic mass is 35.5. The van der Waals surface area contributed by atoms with E-state index in [2.05, 4.69) is 10.4 Å². The van der Waals surface area contributed by atoms with Crippen molar-refractivity contribution in [3.8, 4) is 28.3 Å². The third kappa shape index (κ3) is 7.91. The van der Waals surface area contributed by atoms with Gasteiger partial charge in [0, 0.05) is 61.7 Å². The Hall–Kier alpha value is -4.98. The third-order valence-electron chi connectivity index (χ3n) is 7.97. The summed E-state index contributed by atoms with van der Waals surface area (Å²) in [5.74, 6) is -1.43. The smallest absolute Gasteiger partial charge is 0.411 e. The van der Waals surface area contributed by atoms with Crippen molar-refractivity contribution in [2.75, 3.05) is 32.1 Å². The number of aromatic nitrogens is 3. The number of ether oxygens (including phenoxy) is 2. The highest BCUT2D eigenvalue weighted by Crippen LogP contribution is 2.41. The lowest BCUT2D eigenvalue weighted by molar-refractivity contribution is -0.145. The average Bonchev–Trinajstić information content (AvgIpc) is 3.06. The van der Waals surface area contributed by atoms with Crippen LogP contribution in [-0.4, -0.2) is 86.0 Å². The molecule has 2 aromatic heterocycles. The highest BCUT2D eigenvalue weighted by Gasteiger charge is 2.38. The SMILES string of the molecule is COc1nc(-c2cccc(-c3cccc(NC(=O)c4ccnn(C)c4=O)c3Cl)c2Cl)ccc1CN1CCN(C(=O)OC(C)(C)C)C(C(=O)O)C1. The molecule has 5 rings (SSSR count). The van der Waals surface area contributed by atoms with Crippen molar-refractivity contribution in [3.05, 3.63) is 92.3 Å². The number of pyridine rings is 1. The fourth-order valence-corrected chi connectivity index (χ4v) is 6.13. The first-order valence-electron chi connectivity index (χ1n) is 15.6. The van der Waals surface area contributed by atoms with Gasteiger partial charge in [-0.25, -0.2) is 19.3 Å². The molecule has 2 aromatic carbocycles. The number of carbonyl (C=O) groups is 3.